The van der Waals surface area contributed by atoms with Crippen LogP contribution in [0.2, 0.25) is 0 Å². The van der Waals surface area contributed by atoms with Gasteiger partial charge in [-0.1, -0.05) is 11.2 Å². The third-order valence-electron chi connectivity index (χ3n) is 4.09. The Kier molecular flexibility index (Phi) is 4.37. The van der Waals surface area contributed by atoms with Gasteiger partial charge in [0.2, 0.25) is 12.7 Å². The van der Waals surface area contributed by atoms with E-state index in [4.69, 9.17) is 18.7 Å². The van der Waals surface area contributed by atoms with Crippen molar-refractivity contribution in [3.8, 4) is 22.8 Å². The minimum atomic E-state index is -0.608. The molecule has 138 valence electrons. The summed E-state index contributed by atoms with van der Waals surface area (Å²) >= 11 is 0. The molecule has 1 N–H and O–H groups in total. The number of carbonyl (C=O) groups excluding carboxylic acids is 1. The van der Waals surface area contributed by atoms with Crippen LogP contribution in [0.15, 0.2) is 47.0 Å². The van der Waals surface area contributed by atoms with Crippen LogP contribution in [0, 0.1) is 5.82 Å². The first-order chi connectivity index (χ1) is 13.2. The van der Waals surface area contributed by atoms with Gasteiger partial charge in [0.15, 0.2) is 17.1 Å². The number of esters is 1. The van der Waals surface area contributed by atoms with Crippen molar-refractivity contribution in [2.45, 2.75) is 6.54 Å². The van der Waals surface area contributed by atoms with Crippen molar-refractivity contribution in [3.63, 3.8) is 0 Å². The van der Waals surface area contributed by atoms with E-state index in [1.165, 1.54) is 31.4 Å². The van der Waals surface area contributed by atoms with Crippen LogP contribution in [0.1, 0.15) is 15.9 Å². The lowest BCUT2D eigenvalue weighted by atomic mass is 10.1. The molecule has 8 heteroatoms. The number of benzene rings is 2. The Morgan fingerprint density at radius 1 is 1.19 bits per heavy atom. The summed E-state index contributed by atoms with van der Waals surface area (Å²) in [5.74, 6) is 0.518. The number of carbonyl (C=O) groups is 1. The summed E-state index contributed by atoms with van der Waals surface area (Å²) in [5, 5.41) is 6.99. The number of hydrogen-bond acceptors (Lipinski definition) is 7. The van der Waals surface area contributed by atoms with Crippen molar-refractivity contribution in [3.05, 3.63) is 59.4 Å². The number of fused-ring (bicyclic) bond motifs is 1. The second-order valence-corrected chi connectivity index (χ2v) is 5.77. The van der Waals surface area contributed by atoms with E-state index in [-0.39, 0.29) is 29.8 Å². The lowest BCUT2D eigenvalue weighted by Gasteiger charge is -2.06. The molecule has 4 rings (SSSR count). The van der Waals surface area contributed by atoms with E-state index in [0.717, 1.165) is 5.56 Å². The molecule has 1 aromatic heterocycles. The molecule has 0 fully saturated rings. The maximum atomic E-state index is 13.2. The van der Waals surface area contributed by atoms with Crippen molar-refractivity contribution >= 4 is 11.9 Å². The second-order valence-electron chi connectivity index (χ2n) is 5.77. The highest BCUT2D eigenvalue weighted by molar-refractivity contribution is 6.00. The number of anilines is 1. The van der Waals surface area contributed by atoms with E-state index < -0.39 is 5.97 Å². The van der Waals surface area contributed by atoms with Crippen LogP contribution in [0.5, 0.6) is 11.5 Å². The quantitative estimate of drug-likeness (QED) is 0.687. The summed E-state index contributed by atoms with van der Waals surface area (Å²) in [5.41, 5.74) is 1.85. The Bertz CT molecular complexity index is 984. The standard InChI is InChI=1S/C19H15FN2O5/c1-24-19(23)16-17(12-3-5-13(20)6-4-12)22-27-18(16)21-9-11-2-7-14-15(8-11)26-10-25-14/h2-8,21H,9-10H2,1H3. The van der Waals surface area contributed by atoms with Gasteiger partial charge in [-0.05, 0) is 42.0 Å². The normalized spacial score (nSPS) is 12.1. The summed E-state index contributed by atoms with van der Waals surface area (Å²) < 4.78 is 34.0. The summed E-state index contributed by atoms with van der Waals surface area (Å²) in [4.78, 5) is 12.2. The first-order valence-corrected chi connectivity index (χ1v) is 8.12. The number of methoxy groups -OCH3 is 1. The highest BCUT2D eigenvalue weighted by atomic mass is 19.1. The molecular weight excluding hydrogens is 355 g/mol. The fraction of sp³-hybridized carbons (Fsp3) is 0.158. The van der Waals surface area contributed by atoms with E-state index in [2.05, 4.69) is 10.5 Å². The minimum Gasteiger partial charge on any atom is -0.465 e. The topological polar surface area (TPSA) is 82.8 Å². The van der Waals surface area contributed by atoms with Gasteiger partial charge < -0.3 is 24.1 Å². The van der Waals surface area contributed by atoms with E-state index in [1.807, 2.05) is 18.2 Å². The molecular formula is C19H15FN2O5. The summed E-state index contributed by atoms with van der Waals surface area (Å²) in [7, 11) is 1.27. The van der Waals surface area contributed by atoms with E-state index in [9.17, 15) is 9.18 Å². The Balaban J connectivity index is 1.60. The molecule has 0 bridgehead atoms. The monoisotopic (exact) mass is 370 g/mol. The molecule has 0 atom stereocenters. The molecule has 27 heavy (non-hydrogen) atoms. The number of nitrogens with zero attached hydrogens (tertiary/aromatic N) is 1. The number of nitrogens with one attached hydrogen (secondary N) is 1. The number of hydrogen-bond donors (Lipinski definition) is 1. The summed E-state index contributed by atoms with van der Waals surface area (Å²) in [6.07, 6.45) is 0. The highest BCUT2D eigenvalue weighted by Crippen LogP contribution is 2.33. The number of rotatable bonds is 5. The molecule has 0 aliphatic carbocycles. The van der Waals surface area contributed by atoms with Gasteiger partial charge in [0.05, 0.1) is 7.11 Å². The fourth-order valence-corrected chi connectivity index (χ4v) is 2.74. The zero-order chi connectivity index (χ0) is 18.8. The van der Waals surface area contributed by atoms with Crippen LogP contribution in [-0.4, -0.2) is 25.0 Å². The summed E-state index contributed by atoms with van der Waals surface area (Å²) in [6, 6.07) is 11.1. The van der Waals surface area contributed by atoms with Crippen LogP contribution in [0.4, 0.5) is 10.3 Å². The van der Waals surface area contributed by atoms with Crippen molar-refractivity contribution in [2.24, 2.45) is 0 Å². The first kappa shape index (κ1) is 16.9. The lowest BCUT2D eigenvalue weighted by molar-refractivity contribution is 0.0602. The van der Waals surface area contributed by atoms with Gasteiger partial charge in [0.1, 0.15) is 11.5 Å². The van der Waals surface area contributed by atoms with Gasteiger partial charge >= 0.3 is 5.97 Å². The van der Waals surface area contributed by atoms with Gasteiger partial charge in [0, 0.05) is 12.1 Å². The number of aromatic nitrogens is 1. The van der Waals surface area contributed by atoms with Crippen LogP contribution in [0.3, 0.4) is 0 Å². The Hall–Kier alpha value is -3.55. The smallest absolute Gasteiger partial charge is 0.345 e. The van der Waals surface area contributed by atoms with Gasteiger partial charge in [-0.25, -0.2) is 9.18 Å². The zero-order valence-electron chi connectivity index (χ0n) is 14.3. The van der Waals surface area contributed by atoms with Crippen molar-refractivity contribution < 1.29 is 27.9 Å². The lowest BCUT2D eigenvalue weighted by Crippen LogP contribution is -2.07. The molecule has 0 amide bonds. The molecule has 2 aromatic carbocycles. The molecule has 0 saturated heterocycles. The molecule has 0 unspecified atom stereocenters. The van der Waals surface area contributed by atoms with Crippen LogP contribution >= 0.6 is 0 Å². The predicted octanol–water partition coefficient (Wildman–Crippen LogP) is 3.61. The fourth-order valence-electron chi connectivity index (χ4n) is 2.74. The molecule has 0 radical (unpaired) electrons. The SMILES string of the molecule is COC(=O)c1c(-c2ccc(F)cc2)noc1NCc1ccc2c(c1)OCO2. The molecule has 3 aromatic rings. The second kappa shape index (κ2) is 6.99. The van der Waals surface area contributed by atoms with Crippen molar-refractivity contribution in [1.82, 2.24) is 5.16 Å². The average molecular weight is 370 g/mol. The third-order valence-corrected chi connectivity index (χ3v) is 4.09. The Morgan fingerprint density at radius 2 is 1.96 bits per heavy atom. The first-order valence-electron chi connectivity index (χ1n) is 8.12. The van der Waals surface area contributed by atoms with Gasteiger partial charge in [-0.15, -0.1) is 0 Å². The van der Waals surface area contributed by atoms with E-state index in [0.29, 0.717) is 23.6 Å². The van der Waals surface area contributed by atoms with Crippen LogP contribution in [0.25, 0.3) is 11.3 Å². The van der Waals surface area contributed by atoms with Crippen LogP contribution < -0.4 is 14.8 Å². The van der Waals surface area contributed by atoms with E-state index >= 15 is 0 Å². The van der Waals surface area contributed by atoms with Crippen molar-refractivity contribution in [1.29, 1.82) is 0 Å². The van der Waals surface area contributed by atoms with E-state index in [1.54, 1.807) is 0 Å². The molecule has 1 aliphatic rings. The minimum absolute atomic E-state index is 0.143. The summed E-state index contributed by atoms with van der Waals surface area (Å²) in [6.45, 7) is 0.556. The number of ether oxygens (including phenoxy) is 3. The number of halogens is 1. The molecule has 0 saturated carbocycles. The van der Waals surface area contributed by atoms with Gasteiger partial charge in [-0.3, -0.25) is 0 Å². The third kappa shape index (κ3) is 3.29. The maximum absolute atomic E-state index is 13.2. The van der Waals surface area contributed by atoms with Crippen LogP contribution in [-0.2, 0) is 11.3 Å². The molecule has 7 nitrogen and oxygen atoms in total. The average Bonchev–Trinajstić information content (AvgIpc) is 3.32. The van der Waals surface area contributed by atoms with Gasteiger partial charge in [-0.2, -0.15) is 0 Å². The molecule has 1 aliphatic heterocycles. The maximum Gasteiger partial charge on any atom is 0.345 e. The van der Waals surface area contributed by atoms with Crippen molar-refractivity contribution in [2.75, 3.05) is 19.2 Å². The predicted molar refractivity (Wildman–Crippen MR) is 93.1 cm³/mol. The largest absolute Gasteiger partial charge is 0.465 e. The molecule has 2 heterocycles. The highest BCUT2D eigenvalue weighted by Gasteiger charge is 2.25. The Labute approximate surface area is 153 Å². The Morgan fingerprint density at radius 3 is 2.74 bits per heavy atom. The zero-order valence-corrected chi connectivity index (χ0v) is 14.3. The van der Waals surface area contributed by atoms with Gasteiger partial charge in [0.25, 0.3) is 0 Å². The molecule has 0 spiro atoms.